The van der Waals surface area contributed by atoms with Gasteiger partial charge in [0.25, 0.3) is 5.91 Å². The van der Waals surface area contributed by atoms with E-state index in [9.17, 15) is 14.7 Å². The smallest absolute Gasteiger partial charge is 0.280 e. The minimum absolute atomic E-state index is 0.0806. The zero-order valence-electron chi connectivity index (χ0n) is 13.4. The summed E-state index contributed by atoms with van der Waals surface area (Å²) in [4.78, 5) is 26.3. The van der Waals surface area contributed by atoms with Gasteiger partial charge in [-0.1, -0.05) is 0 Å². The molecule has 6 heteroatoms. The van der Waals surface area contributed by atoms with Crippen molar-refractivity contribution in [1.82, 2.24) is 0 Å². The number of carboxylic acids is 1. The molecule has 2 aliphatic rings. The van der Waals surface area contributed by atoms with Gasteiger partial charge < -0.3 is 20.1 Å². The maximum absolute atomic E-state index is 12.3. The van der Waals surface area contributed by atoms with Gasteiger partial charge in [-0.2, -0.15) is 0 Å². The lowest BCUT2D eigenvalue weighted by atomic mass is 9.95. The fourth-order valence-electron chi connectivity index (χ4n) is 3.67. The zero-order chi connectivity index (χ0) is 16.2. The van der Waals surface area contributed by atoms with E-state index in [0.29, 0.717) is 11.5 Å². The van der Waals surface area contributed by atoms with E-state index in [2.05, 4.69) is 5.32 Å². The Labute approximate surface area is 140 Å². The molecule has 0 saturated carbocycles. The fourth-order valence-corrected chi connectivity index (χ4v) is 4.97. The highest BCUT2D eigenvalue weighted by molar-refractivity contribution is 7.17. The van der Waals surface area contributed by atoms with E-state index in [-0.39, 0.29) is 11.5 Å². The first kappa shape index (κ1) is 16.5. The maximum Gasteiger partial charge on any atom is 0.280 e. The van der Waals surface area contributed by atoms with Gasteiger partial charge in [0.1, 0.15) is 5.00 Å². The largest absolute Gasteiger partial charge is 0.545 e. The van der Waals surface area contributed by atoms with Crippen molar-refractivity contribution in [3.05, 3.63) is 16.0 Å². The summed E-state index contributed by atoms with van der Waals surface area (Å²) in [6, 6.07) is 0. The number of rotatable bonds is 4. The number of fused-ring (bicyclic) bond motifs is 1. The number of nitrogens with one attached hydrogen (secondary N) is 2. The molecule has 5 nitrogen and oxygen atoms in total. The molecule has 23 heavy (non-hydrogen) atoms. The van der Waals surface area contributed by atoms with Gasteiger partial charge in [-0.15, -0.1) is 11.3 Å². The Balaban J connectivity index is 1.70. The average molecular weight is 336 g/mol. The summed E-state index contributed by atoms with van der Waals surface area (Å²) < 4.78 is 0. The molecule has 1 aromatic heterocycles. The number of hydrogen-bond acceptors (Lipinski definition) is 4. The quantitative estimate of drug-likeness (QED) is 0.835. The average Bonchev–Trinajstić information content (AvgIpc) is 2.68. The second-order valence-electron chi connectivity index (χ2n) is 6.59. The van der Waals surface area contributed by atoms with Crippen LogP contribution in [-0.2, 0) is 17.6 Å². The van der Waals surface area contributed by atoms with Gasteiger partial charge in [-0.3, -0.25) is 4.79 Å². The van der Waals surface area contributed by atoms with Gasteiger partial charge in [-0.05, 0) is 56.9 Å². The zero-order valence-corrected chi connectivity index (χ0v) is 14.2. The van der Waals surface area contributed by atoms with E-state index < -0.39 is 5.97 Å². The van der Waals surface area contributed by atoms with Crippen LogP contribution in [0.1, 0.15) is 59.3 Å². The van der Waals surface area contributed by atoms with Crippen LogP contribution in [0.3, 0.4) is 0 Å². The van der Waals surface area contributed by atoms with Crippen LogP contribution in [0.5, 0.6) is 0 Å². The number of carboxylic acid groups (broad SMARTS) is 1. The molecule has 1 saturated heterocycles. The number of aryl methyl sites for hydroxylation is 1. The Hall–Kier alpha value is -1.40. The normalized spacial score (nSPS) is 19.0. The molecule has 0 unspecified atom stereocenters. The van der Waals surface area contributed by atoms with Crippen LogP contribution >= 0.6 is 11.3 Å². The highest BCUT2D eigenvalue weighted by Crippen LogP contribution is 2.37. The van der Waals surface area contributed by atoms with E-state index in [1.807, 2.05) is 0 Å². The Bertz CT molecular complexity index is 589. The lowest BCUT2D eigenvalue weighted by Gasteiger charge is -2.17. The first-order chi connectivity index (χ1) is 11.1. The third-order valence-corrected chi connectivity index (χ3v) is 6.06. The van der Waals surface area contributed by atoms with Crippen molar-refractivity contribution in [2.75, 3.05) is 25.0 Å². The van der Waals surface area contributed by atoms with Crippen LogP contribution in [-0.4, -0.2) is 31.5 Å². The molecule has 1 aliphatic carbocycles. The molecule has 3 rings (SSSR count). The molecule has 0 bridgehead atoms. The highest BCUT2D eigenvalue weighted by Gasteiger charge is 2.24. The van der Waals surface area contributed by atoms with Gasteiger partial charge in [0.2, 0.25) is 0 Å². The highest BCUT2D eigenvalue weighted by atomic mass is 32.1. The molecule has 0 atom stereocenters. The van der Waals surface area contributed by atoms with Gasteiger partial charge in [0, 0.05) is 10.4 Å². The molecule has 0 aromatic carbocycles. The molecule has 2 N–H and O–H groups in total. The fraction of sp³-hybridized carbons (Fsp3) is 0.647. The van der Waals surface area contributed by atoms with E-state index >= 15 is 0 Å². The lowest BCUT2D eigenvalue weighted by molar-refractivity contribution is -0.890. The molecule has 126 valence electrons. The van der Waals surface area contributed by atoms with Crippen molar-refractivity contribution in [2.24, 2.45) is 0 Å². The molecule has 1 amide bonds. The topological polar surface area (TPSA) is 73.7 Å². The van der Waals surface area contributed by atoms with Crippen molar-refractivity contribution < 1.29 is 19.6 Å². The molecule has 2 heterocycles. The van der Waals surface area contributed by atoms with Crippen LogP contribution in [0.15, 0.2) is 0 Å². The van der Waals surface area contributed by atoms with Gasteiger partial charge in [0.05, 0.1) is 19.1 Å². The lowest BCUT2D eigenvalue weighted by Crippen LogP contribution is -3.12. The summed E-state index contributed by atoms with van der Waals surface area (Å²) in [5.41, 5.74) is 1.11. The Morgan fingerprint density at radius 1 is 1.04 bits per heavy atom. The molecule has 0 spiro atoms. The van der Waals surface area contributed by atoms with Crippen LogP contribution in [0, 0.1) is 0 Å². The predicted octanol–water partition coefficient (Wildman–Crippen LogP) is 0.388. The number of quaternary nitrogens is 1. The number of anilines is 1. The van der Waals surface area contributed by atoms with E-state index in [4.69, 9.17) is 0 Å². The number of carbonyl (C=O) groups excluding carboxylic acids is 2. The van der Waals surface area contributed by atoms with Crippen molar-refractivity contribution >= 4 is 28.2 Å². The van der Waals surface area contributed by atoms with Gasteiger partial charge >= 0.3 is 0 Å². The van der Waals surface area contributed by atoms with E-state index in [1.54, 1.807) is 0 Å². The van der Waals surface area contributed by atoms with Crippen LogP contribution in [0.25, 0.3) is 0 Å². The molecular weight excluding hydrogens is 312 g/mol. The molecule has 0 radical (unpaired) electrons. The van der Waals surface area contributed by atoms with E-state index in [1.165, 1.54) is 41.9 Å². The number of thiophene rings is 1. The summed E-state index contributed by atoms with van der Waals surface area (Å²) in [6.45, 7) is 2.48. The summed E-state index contributed by atoms with van der Waals surface area (Å²) >= 11 is 1.42. The van der Waals surface area contributed by atoms with Gasteiger partial charge in [0.15, 0.2) is 6.54 Å². The first-order valence-corrected chi connectivity index (χ1v) is 9.46. The molecule has 1 aromatic rings. The summed E-state index contributed by atoms with van der Waals surface area (Å²) in [7, 11) is 0. The first-order valence-electron chi connectivity index (χ1n) is 8.64. The number of amides is 1. The minimum Gasteiger partial charge on any atom is -0.545 e. The number of hydrogen-bond donors (Lipinski definition) is 2. The second-order valence-corrected chi connectivity index (χ2v) is 7.70. The van der Waals surface area contributed by atoms with Crippen LogP contribution < -0.4 is 15.3 Å². The molecule has 1 aliphatic heterocycles. The minimum atomic E-state index is -1.16. The monoisotopic (exact) mass is 336 g/mol. The predicted molar refractivity (Wildman–Crippen MR) is 88.0 cm³/mol. The SMILES string of the molecule is O=C(C[NH+]1CCCCCC1)Nc1sc2c(c1C(=O)[O-])CCCC2. The Morgan fingerprint density at radius 3 is 2.43 bits per heavy atom. The standard InChI is InChI=1S/C17H24N2O3S/c20-14(11-19-9-5-1-2-6-10-19)18-16-15(17(21)22)12-7-3-4-8-13(12)23-16/h1-11H2,(H,18,20)(H,21,22). The summed E-state index contributed by atoms with van der Waals surface area (Å²) in [6.07, 6.45) is 8.62. The third-order valence-electron chi connectivity index (χ3n) is 4.85. The van der Waals surface area contributed by atoms with Gasteiger partial charge in [-0.25, -0.2) is 0 Å². The van der Waals surface area contributed by atoms with Crippen molar-refractivity contribution in [1.29, 1.82) is 0 Å². The van der Waals surface area contributed by atoms with Crippen molar-refractivity contribution in [2.45, 2.75) is 51.4 Å². The molecule has 1 fully saturated rings. The number of carbonyl (C=O) groups is 2. The summed E-state index contributed by atoms with van der Waals surface area (Å²) in [5, 5.41) is 14.8. The van der Waals surface area contributed by atoms with Crippen molar-refractivity contribution in [3.63, 3.8) is 0 Å². The number of likely N-dealkylation sites (tertiary alicyclic amines) is 1. The third kappa shape index (κ3) is 3.93. The van der Waals surface area contributed by atoms with Crippen molar-refractivity contribution in [3.8, 4) is 0 Å². The Morgan fingerprint density at radius 2 is 1.74 bits per heavy atom. The van der Waals surface area contributed by atoms with Crippen LogP contribution in [0.4, 0.5) is 5.00 Å². The summed E-state index contributed by atoms with van der Waals surface area (Å²) in [5.74, 6) is -1.25. The molecular formula is C17H24N2O3S. The maximum atomic E-state index is 12.3. The van der Waals surface area contributed by atoms with E-state index in [0.717, 1.165) is 49.2 Å². The Kier molecular flexibility index (Phi) is 5.33. The second kappa shape index (κ2) is 7.45. The van der Waals surface area contributed by atoms with Crippen LogP contribution in [0.2, 0.25) is 0 Å². The number of aromatic carboxylic acids is 1.